The van der Waals surface area contributed by atoms with Crippen LogP contribution in [0.1, 0.15) is 32.3 Å². The number of para-hydroxylation sites is 1. The molecule has 1 aromatic rings. The molecule has 0 radical (unpaired) electrons. The van der Waals surface area contributed by atoms with Crippen LogP contribution in [0.5, 0.6) is 5.75 Å². The molecule has 0 atom stereocenters. The second-order valence-electron chi connectivity index (χ2n) is 4.79. The molecule has 1 amide bonds. The van der Waals surface area contributed by atoms with Crippen molar-refractivity contribution < 1.29 is 27.7 Å². The number of hydrogen-bond acceptors (Lipinski definition) is 2. The summed E-state index contributed by atoms with van der Waals surface area (Å²) < 4.78 is 41.3. The zero-order valence-electron chi connectivity index (χ0n) is 11.7. The zero-order valence-corrected chi connectivity index (χ0v) is 11.7. The Morgan fingerprint density at radius 3 is 2.38 bits per heavy atom. The van der Waals surface area contributed by atoms with Crippen LogP contribution in [-0.4, -0.2) is 23.6 Å². The number of amides is 1. The molecule has 0 spiro atoms. The molecule has 1 aliphatic heterocycles. The fourth-order valence-electron chi connectivity index (χ4n) is 2.33. The van der Waals surface area contributed by atoms with E-state index in [4.69, 9.17) is 0 Å². The standard InChI is InChI=1S/C14H15F3N2O2/c1-3-13(4-2)12(20)18-11(19-13)9-7-5-6-8-10(9)21-14(15,16)17/h5-8H,3-4H2,1-2H3,(H,18,19,20)/p+1. The highest BCUT2D eigenvalue weighted by Crippen LogP contribution is 2.26. The topological polar surface area (TPSA) is 52.3 Å². The highest BCUT2D eigenvalue weighted by molar-refractivity contribution is 6.11. The Bertz CT molecular complexity index is 578. The Morgan fingerprint density at radius 1 is 1.24 bits per heavy atom. The highest BCUT2D eigenvalue weighted by atomic mass is 19.4. The summed E-state index contributed by atoms with van der Waals surface area (Å²) in [4.78, 5) is 15.1. The highest BCUT2D eigenvalue weighted by Gasteiger charge is 2.47. The van der Waals surface area contributed by atoms with Crippen molar-refractivity contribution in [1.82, 2.24) is 5.32 Å². The average Bonchev–Trinajstić information content (AvgIpc) is 2.75. The fourth-order valence-corrected chi connectivity index (χ4v) is 2.33. The van der Waals surface area contributed by atoms with Crippen LogP contribution in [0.3, 0.4) is 0 Å². The number of alkyl halides is 3. The maximum absolute atomic E-state index is 12.4. The molecule has 0 bridgehead atoms. The number of carbonyl (C=O) groups is 1. The van der Waals surface area contributed by atoms with Gasteiger partial charge in [-0.25, -0.2) is 10.1 Å². The normalized spacial score (nSPS) is 17.4. The van der Waals surface area contributed by atoms with E-state index < -0.39 is 11.9 Å². The first-order valence-electron chi connectivity index (χ1n) is 6.63. The molecule has 1 aromatic carbocycles. The monoisotopic (exact) mass is 301 g/mol. The average molecular weight is 301 g/mol. The smallest absolute Gasteiger partial charge is 0.405 e. The zero-order chi connectivity index (χ0) is 15.7. The second-order valence-corrected chi connectivity index (χ2v) is 4.79. The van der Waals surface area contributed by atoms with Crippen molar-refractivity contribution in [1.29, 1.82) is 0 Å². The van der Waals surface area contributed by atoms with Crippen LogP contribution in [0.2, 0.25) is 0 Å². The maximum atomic E-state index is 12.4. The van der Waals surface area contributed by atoms with Gasteiger partial charge in [0.2, 0.25) is 5.54 Å². The van der Waals surface area contributed by atoms with E-state index in [0.717, 1.165) is 0 Å². The lowest BCUT2D eigenvalue weighted by Crippen LogP contribution is -2.85. The van der Waals surface area contributed by atoms with Gasteiger partial charge in [0.1, 0.15) is 11.3 Å². The molecule has 4 nitrogen and oxygen atoms in total. The van der Waals surface area contributed by atoms with Crippen molar-refractivity contribution in [2.75, 3.05) is 0 Å². The Hall–Kier alpha value is -2.05. The Kier molecular flexibility index (Phi) is 3.93. The molecule has 1 aliphatic rings. The van der Waals surface area contributed by atoms with Gasteiger partial charge in [0.25, 0.3) is 5.84 Å². The third-order valence-electron chi connectivity index (χ3n) is 3.63. The van der Waals surface area contributed by atoms with Gasteiger partial charge in [0.05, 0.1) is 0 Å². The first kappa shape index (κ1) is 15.3. The van der Waals surface area contributed by atoms with Gasteiger partial charge in [-0.2, -0.15) is 0 Å². The van der Waals surface area contributed by atoms with Crippen molar-refractivity contribution in [3.05, 3.63) is 29.8 Å². The third kappa shape index (κ3) is 3.01. The predicted octanol–water partition coefficient (Wildman–Crippen LogP) is 1.10. The third-order valence-corrected chi connectivity index (χ3v) is 3.63. The van der Waals surface area contributed by atoms with E-state index in [2.05, 4.69) is 15.0 Å². The minimum atomic E-state index is -4.79. The fraction of sp³-hybridized carbons (Fsp3) is 0.429. The van der Waals surface area contributed by atoms with Gasteiger partial charge in [0.15, 0.2) is 0 Å². The number of hydrogen-bond donors (Lipinski definition) is 2. The summed E-state index contributed by atoms with van der Waals surface area (Å²) in [5.74, 6) is -0.358. The van der Waals surface area contributed by atoms with E-state index in [1.54, 1.807) is 6.07 Å². The molecule has 1 heterocycles. The van der Waals surface area contributed by atoms with Crippen LogP contribution in [0, 0.1) is 0 Å². The molecule has 0 aromatic heterocycles. The number of rotatable bonds is 4. The molecule has 0 saturated heterocycles. The molecule has 2 rings (SSSR count). The Morgan fingerprint density at radius 2 is 1.86 bits per heavy atom. The summed E-state index contributed by atoms with van der Waals surface area (Å²) in [5.41, 5.74) is -0.618. The van der Waals surface area contributed by atoms with Gasteiger partial charge in [-0.05, 0) is 25.0 Å². The van der Waals surface area contributed by atoms with Crippen LogP contribution in [-0.2, 0) is 4.79 Å². The van der Waals surface area contributed by atoms with Crippen molar-refractivity contribution in [2.45, 2.75) is 38.6 Å². The van der Waals surface area contributed by atoms with Crippen molar-refractivity contribution in [3.63, 3.8) is 0 Å². The summed E-state index contributed by atoms with van der Waals surface area (Å²) in [5, 5.41) is 2.61. The molecule has 0 fully saturated rings. The van der Waals surface area contributed by atoms with E-state index in [9.17, 15) is 18.0 Å². The van der Waals surface area contributed by atoms with Gasteiger partial charge in [-0.15, -0.1) is 13.2 Å². The van der Waals surface area contributed by atoms with Crippen molar-refractivity contribution in [2.24, 2.45) is 0 Å². The van der Waals surface area contributed by atoms with Crippen LogP contribution >= 0.6 is 0 Å². The molecule has 7 heteroatoms. The van der Waals surface area contributed by atoms with Gasteiger partial charge in [0, 0.05) is 0 Å². The molecule has 0 saturated carbocycles. The van der Waals surface area contributed by atoms with Gasteiger partial charge >= 0.3 is 12.3 Å². The molecule has 2 N–H and O–H groups in total. The lowest BCUT2D eigenvalue weighted by Gasteiger charge is -2.13. The minimum Gasteiger partial charge on any atom is -0.405 e. The van der Waals surface area contributed by atoms with Crippen LogP contribution < -0.4 is 15.0 Å². The SMILES string of the molecule is CCC1(CC)[NH+]=C(c2ccccc2OC(F)(F)F)NC1=O. The summed E-state index contributed by atoms with van der Waals surface area (Å²) in [6.45, 7) is 3.69. The van der Waals surface area contributed by atoms with E-state index in [-0.39, 0.29) is 23.1 Å². The number of amidine groups is 1. The number of benzene rings is 1. The second kappa shape index (κ2) is 5.38. The van der Waals surface area contributed by atoms with Crippen LogP contribution in [0.4, 0.5) is 13.2 Å². The van der Waals surface area contributed by atoms with E-state index >= 15 is 0 Å². The van der Waals surface area contributed by atoms with Crippen molar-refractivity contribution in [3.8, 4) is 5.75 Å². The van der Waals surface area contributed by atoms with E-state index in [1.165, 1.54) is 18.2 Å². The molecule has 21 heavy (non-hydrogen) atoms. The summed E-state index contributed by atoms with van der Waals surface area (Å²) >= 11 is 0. The minimum absolute atomic E-state index is 0.173. The quantitative estimate of drug-likeness (QED) is 0.875. The summed E-state index contributed by atoms with van der Waals surface area (Å²) in [7, 11) is 0. The largest absolute Gasteiger partial charge is 0.573 e. The number of ether oxygens (including phenoxy) is 1. The maximum Gasteiger partial charge on any atom is 0.573 e. The van der Waals surface area contributed by atoms with Crippen LogP contribution in [0.15, 0.2) is 24.3 Å². The Balaban J connectivity index is 2.42. The molecule has 114 valence electrons. The number of nitrogens with one attached hydrogen (secondary N) is 2. The summed E-state index contributed by atoms with van der Waals surface area (Å²) in [6, 6.07) is 5.69. The lowest BCUT2D eigenvalue weighted by molar-refractivity contribution is -0.529. The number of carbonyl (C=O) groups excluding carboxylic acids is 1. The lowest BCUT2D eigenvalue weighted by atomic mass is 9.94. The van der Waals surface area contributed by atoms with Gasteiger partial charge in [-0.3, -0.25) is 4.99 Å². The van der Waals surface area contributed by atoms with Gasteiger partial charge < -0.3 is 4.74 Å². The van der Waals surface area contributed by atoms with Gasteiger partial charge in [-0.1, -0.05) is 26.0 Å². The first-order valence-corrected chi connectivity index (χ1v) is 6.63. The van der Waals surface area contributed by atoms with Crippen molar-refractivity contribution >= 4 is 11.7 Å². The number of halogens is 3. The molecule has 0 aliphatic carbocycles. The van der Waals surface area contributed by atoms with E-state index in [1.807, 2.05) is 13.8 Å². The predicted molar refractivity (Wildman–Crippen MR) is 69.7 cm³/mol. The molecular weight excluding hydrogens is 285 g/mol. The first-order chi connectivity index (χ1) is 9.81. The summed E-state index contributed by atoms with van der Waals surface area (Å²) in [6.07, 6.45) is -3.73. The van der Waals surface area contributed by atoms with E-state index in [0.29, 0.717) is 12.8 Å². The molecule has 0 unspecified atom stereocenters. The Labute approximate surface area is 120 Å². The van der Waals surface area contributed by atoms with Crippen LogP contribution in [0.25, 0.3) is 0 Å². The molecular formula is C14H16F3N2O2+.